The van der Waals surface area contributed by atoms with Gasteiger partial charge in [0.1, 0.15) is 18.5 Å². The van der Waals surface area contributed by atoms with Gasteiger partial charge in [0, 0.05) is 12.4 Å². The van der Waals surface area contributed by atoms with Crippen LogP contribution in [0.1, 0.15) is 24.4 Å². The van der Waals surface area contributed by atoms with Crippen LogP contribution in [0.4, 0.5) is 0 Å². The maximum Gasteiger partial charge on any atom is 0.143 e. The van der Waals surface area contributed by atoms with E-state index >= 15 is 0 Å². The molecule has 5 heteroatoms. The molecule has 2 heterocycles. The summed E-state index contributed by atoms with van der Waals surface area (Å²) in [5.74, 6) is 0.852. The highest BCUT2D eigenvalue weighted by Gasteiger charge is 2.12. The smallest absolute Gasteiger partial charge is 0.143 e. The van der Waals surface area contributed by atoms with Gasteiger partial charge in [0.2, 0.25) is 0 Å². The summed E-state index contributed by atoms with van der Waals surface area (Å²) in [5, 5.41) is 0. The van der Waals surface area contributed by atoms with Gasteiger partial charge in [-0.15, -0.1) is 0 Å². The molecule has 0 amide bonds. The molecule has 0 saturated heterocycles. The monoisotopic (exact) mass is 256 g/mol. The molecule has 0 fully saturated rings. The number of aromatic nitrogens is 4. The number of aryl methyl sites for hydroxylation is 1. The van der Waals surface area contributed by atoms with Crippen molar-refractivity contribution in [1.82, 2.24) is 19.3 Å². The first-order chi connectivity index (χ1) is 9.20. The Morgan fingerprint density at radius 3 is 2.84 bits per heavy atom. The van der Waals surface area contributed by atoms with Crippen molar-refractivity contribution >= 4 is 11.0 Å². The van der Waals surface area contributed by atoms with E-state index < -0.39 is 0 Å². The van der Waals surface area contributed by atoms with Gasteiger partial charge in [0.15, 0.2) is 0 Å². The van der Waals surface area contributed by atoms with Crippen molar-refractivity contribution in [2.75, 3.05) is 7.11 Å². The summed E-state index contributed by atoms with van der Waals surface area (Å²) in [6.07, 6.45) is 5.58. The van der Waals surface area contributed by atoms with Crippen molar-refractivity contribution < 1.29 is 4.84 Å². The van der Waals surface area contributed by atoms with Gasteiger partial charge in [-0.25, -0.2) is 9.97 Å². The summed E-state index contributed by atoms with van der Waals surface area (Å²) in [4.78, 5) is 13.9. The highest BCUT2D eigenvalue weighted by molar-refractivity contribution is 5.76. The average molecular weight is 256 g/mol. The summed E-state index contributed by atoms with van der Waals surface area (Å²) in [5.41, 5.74) is 3.13. The van der Waals surface area contributed by atoms with E-state index in [9.17, 15) is 0 Å². The zero-order chi connectivity index (χ0) is 13.4. The Hall–Kier alpha value is -2.30. The summed E-state index contributed by atoms with van der Waals surface area (Å²) in [6.45, 7) is 4.08. The highest BCUT2D eigenvalue weighted by atomic mass is 16.6. The minimum atomic E-state index is 0.229. The molecule has 0 aliphatic carbocycles. The van der Waals surface area contributed by atoms with Crippen LogP contribution in [-0.4, -0.2) is 26.4 Å². The van der Waals surface area contributed by atoms with Crippen LogP contribution in [0.25, 0.3) is 11.0 Å². The van der Waals surface area contributed by atoms with Crippen LogP contribution in [-0.2, 0) is 0 Å². The maximum absolute atomic E-state index is 5.36. The van der Waals surface area contributed by atoms with Gasteiger partial charge in [-0.05, 0) is 31.5 Å². The molecule has 0 spiro atoms. The Morgan fingerprint density at radius 2 is 2.16 bits per heavy atom. The average Bonchev–Trinajstić information content (AvgIpc) is 3.03. The minimum absolute atomic E-state index is 0.229. The SMILES string of the molecule is COn1c(C)nc2ccc(C(C)n3ccnc3)cc21. The van der Waals surface area contributed by atoms with Crippen LogP contribution in [0.2, 0.25) is 0 Å². The van der Waals surface area contributed by atoms with Gasteiger partial charge in [0.05, 0.1) is 17.9 Å². The fourth-order valence-corrected chi connectivity index (χ4v) is 2.35. The molecular formula is C14H16N4O. The van der Waals surface area contributed by atoms with E-state index in [0.29, 0.717) is 0 Å². The predicted molar refractivity (Wildman–Crippen MR) is 73.0 cm³/mol. The fraction of sp³-hybridized carbons (Fsp3) is 0.286. The Morgan fingerprint density at radius 1 is 1.32 bits per heavy atom. The molecule has 0 radical (unpaired) electrons. The Kier molecular flexibility index (Phi) is 2.74. The molecule has 3 rings (SSSR count). The van der Waals surface area contributed by atoms with Crippen molar-refractivity contribution in [1.29, 1.82) is 0 Å². The molecule has 0 N–H and O–H groups in total. The molecule has 0 aliphatic heterocycles. The molecular weight excluding hydrogens is 240 g/mol. The van der Waals surface area contributed by atoms with E-state index in [1.165, 1.54) is 5.56 Å². The first-order valence-corrected chi connectivity index (χ1v) is 6.21. The number of hydrogen-bond acceptors (Lipinski definition) is 3. The largest absolute Gasteiger partial charge is 0.415 e. The van der Waals surface area contributed by atoms with Gasteiger partial charge >= 0.3 is 0 Å². The molecule has 0 aliphatic rings. The third kappa shape index (κ3) is 1.87. The van der Waals surface area contributed by atoms with Crippen LogP contribution in [0.3, 0.4) is 0 Å². The number of fused-ring (bicyclic) bond motifs is 1. The number of imidazole rings is 2. The number of benzene rings is 1. The molecule has 1 unspecified atom stereocenters. The zero-order valence-electron chi connectivity index (χ0n) is 11.2. The van der Waals surface area contributed by atoms with Crippen LogP contribution in [0, 0.1) is 6.92 Å². The molecule has 19 heavy (non-hydrogen) atoms. The first kappa shape index (κ1) is 11.8. The lowest BCUT2D eigenvalue weighted by atomic mass is 10.1. The first-order valence-electron chi connectivity index (χ1n) is 6.21. The van der Waals surface area contributed by atoms with Gasteiger partial charge in [0.25, 0.3) is 0 Å². The fourth-order valence-electron chi connectivity index (χ4n) is 2.35. The second kappa shape index (κ2) is 4.42. The molecule has 5 nitrogen and oxygen atoms in total. The van der Waals surface area contributed by atoms with Crippen molar-refractivity contribution in [2.24, 2.45) is 0 Å². The Labute approximate surface area is 111 Å². The minimum Gasteiger partial charge on any atom is -0.415 e. The lowest BCUT2D eigenvalue weighted by Gasteiger charge is -2.13. The zero-order valence-corrected chi connectivity index (χ0v) is 11.2. The normalized spacial score (nSPS) is 12.8. The molecule has 0 saturated carbocycles. The lowest BCUT2D eigenvalue weighted by Crippen LogP contribution is -2.08. The van der Waals surface area contributed by atoms with Gasteiger partial charge in [-0.3, -0.25) is 0 Å². The van der Waals surface area contributed by atoms with Gasteiger partial charge < -0.3 is 9.40 Å². The van der Waals surface area contributed by atoms with Crippen molar-refractivity contribution in [3.8, 4) is 0 Å². The molecule has 98 valence electrons. The summed E-state index contributed by atoms with van der Waals surface area (Å²) in [7, 11) is 1.65. The van der Waals surface area contributed by atoms with Crippen LogP contribution in [0.5, 0.6) is 0 Å². The molecule has 0 bridgehead atoms. The number of hydrogen-bond donors (Lipinski definition) is 0. The van der Waals surface area contributed by atoms with E-state index in [0.717, 1.165) is 16.9 Å². The number of rotatable bonds is 3. The van der Waals surface area contributed by atoms with Crippen molar-refractivity contribution in [3.05, 3.63) is 48.3 Å². The highest BCUT2D eigenvalue weighted by Crippen LogP contribution is 2.23. The van der Waals surface area contributed by atoms with E-state index in [1.54, 1.807) is 18.0 Å². The topological polar surface area (TPSA) is 44.9 Å². The third-order valence-corrected chi connectivity index (χ3v) is 3.43. The molecule has 2 aromatic heterocycles. The van der Waals surface area contributed by atoms with Crippen molar-refractivity contribution in [2.45, 2.75) is 19.9 Å². The Balaban J connectivity index is 2.10. The van der Waals surface area contributed by atoms with E-state index in [4.69, 9.17) is 4.84 Å². The van der Waals surface area contributed by atoms with E-state index in [1.807, 2.05) is 25.5 Å². The summed E-state index contributed by atoms with van der Waals surface area (Å²) >= 11 is 0. The Bertz CT molecular complexity index is 700. The van der Waals surface area contributed by atoms with Gasteiger partial charge in [-0.1, -0.05) is 6.07 Å². The van der Waals surface area contributed by atoms with E-state index in [-0.39, 0.29) is 6.04 Å². The lowest BCUT2D eigenvalue weighted by molar-refractivity contribution is 0.171. The third-order valence-electron chi connectivity index (χ3n) is 3.43. The second-order valence-corrected chi connectivity index (χ2v) is 4.57. The molecule has 1 atom stereocenters. The predicted octanol–water partition coefficient (Wildman–Crippen LogP) is 2.21. The summed E-state index contributed by atoms with van der Waals surface area (Å²) in [6, 6.07) is 6.47. The maximum atomic E-state index is 5.36. The van der Waals surface area contributed by atoms with Crippen LogP contribution >= 0.6 is 0 Å². The second-order valence-electron chi connectivity index (χ2n) is 4.57. The molecule has 3 aromatic rings. The van der Waals surface area contributed by atoms with Gasteiger partial charge in [-0.2, -0.15) is 4.73 Å². The number of nitrogens with zero attached hydrogens (tertiary/aromatic N) is 4. The van der Waals surface area contributed by atoms with Crippen molar-refractivity contribution in [3.63, 3.8) is 0 Å². The van der Waals surface area contributed by atoms with Crippen LogP contribution < -0.4 is 4.84 Å². The standard InChI is InChI=1S/C14H16N4O/c1-10(17-7-6-15-9-17)12-4-5-13-14(8-12)18(19-3)11(2)16-13/h4-10H,1-3H3. The quantitative estimate of drug-likeness (QED) is 0.721. The van der Waals surface area contributed by atoms with Crippen LogP contribution in [0.15, 0.2) is 36.9 Å². The molecule has 1 aromatic carbocycles. The summed E-state index contributed by atoms with van der Waals surface area (Å²) < 4.78 is 3.82. The van der Waals surface area contributed by atoms with E-state index in [2.05, 4.69) is 33.6 Å².